The van der Waals surface area contributed by atoms with Gasteiger partial charge in [-0.2, -0.15) is 24.9 Å². The quantitative estimate of drug-likeness (QED) is 0.519. The zero-order valence-electron chi connectivity index (χ0n) is 14.9. The third-order valence-electron chi connectivity index (χ3n) is 4.35. The number of nitrogens with one attached hydrogen (secondary N) is 1. The number of amides is 1. The van der Waals surface area contributed by atoms with Crippen LogP contribution in [0.2, 0.25) is 0 Å². The number of alkyl halides is 3. The van der Waals surface area contributed by atoms with Crippen molar-refractivity contribution in [1.82, 2.24) is 4.90 Å². The second kappa shape index (κ2) is 9.40. The van der Waals surface area contributed by atoms with Gasteiger partial charge in [0.25, 0.3) is 5.91 Å². The highest BCUT2D eigenvalue weighted by molar-refractivity contribution is 7.99. The van der Waals surface area contributed by atoms with E-state index in [9.17, 15) is 26.7 Å². The molecule has 1 heterocycles. The normalized spacial score (nSPS) is 17.6. The first kappa shape index (κ1) is 22.2. The molecule has 4 nitrogen and oxygen atoms in total. The Bertz CT molecular complexity index is 760. The van der Waals surface area contributed by atoms with Gasteiger partial charge in [0.1, 0.15) is 23.0 Å². The maximum absolute atomic E-state index is 14.0. The van der Waals surface area contributed by atoms with Gasteiger partial charge in [0.05, 0.1) is 0 Å². The summed E-state index contributed by atoms with van der Waals surface area (Å²) in [5.74, 6) is -0.268. The maximum Gasteiger partial charge on any atom is 0.430 e. The van der Waals surface area contributed by atoms with Crippen molar-refractivity contribution < 1.29 is 26.7 Å². The molecule has 1 unspecified atom stereocenters. The smallest absolute Gasteiger partial charge is 0.395 e. The Labute approximate surface area is 163 Å². The molecule has 0 bridgehead atoms. The SMILES string of the molecule is N=C(C=C(N)C(F)(F)F)C(=O)N(CCC1CCSC1)Cc1cc(F)ccc1F. The summed E-state index contributed by atoms with van der Waals surface area (Å²) < 4.78 is 65.1. The van der Waals surface area contributed by atoms with Crippen molar-refractivity contribution in [3.05, 3.63) is 47.2 Å². The van der Waals surface area contributed by atoms with Crippen molar-refractivity contribution >= 4 is 23.4 Å². The van der Waals surface area contributed by atoms with Crippen LogP contribution in [0.3, 0.4) is 0 Å². The summed E-state index contributed by atoms with van der Waals surface area (Å²) in [6.45, 7) is -0.243. The third kappa shape index (κ3) is 6.22. The lowest BCUT2D eigenvalue weighted by molar-refractivity contribution is -0.124. The third-order valence-corrected chi connectivity index (χ3v) is 5.58. The van der Waals surface area contributed by atoms with Gasteiger partial charge in [0, 0.05) is 18.7 Å². The Morgan fingerprint density at radius 2 is 2.07 bits per heavy atom. The fraction of sp³-hybridized carbons (Fsp3) is 0.444. The van der Waals surface area contributed by atoms with Gasteiger partial charge < -0.3 is 10.6 Å². The summed E-state index contributed by atoms with van der Waals surface area (Å²) >= 11 is 1.76. The minimum atomic E-state index is -4.87. The monoisotopic (exact) mass is 421 g/mol. The Hall–Kier alpha value is -2.10. The topological polar surface area (TPSA) is 70.2 Å². The number of carbonyl (C=O) groups excluding carboxylic acids is 1. The van der Waals surface area contributed by atoms with Crippen LogP contribution in [-0.4, -0.2) is 40.7 Å². The molecule has 1 aliphatic heterocycles. The zero-order valence-corrected chi connectivity index (χ0v) is 15.7. The minimum absolute atomic E-state index is 0.113. The number of nitrogens with two attached hydrogens (primary N) is 1. The lowest BCUT2D eigenvalue weighted by atomic mass is 10.0. The molecule has 0 aliphatic carbocycles. The Morgan fingerprint density at radius 1 is 1.36 bits per heavy atom. The van der Waals surface area contributed by atoms with Crippen molar-refractivity contribution in [3.63, 3.8) is 0 Å². The molecule has 1 saturated heterocycles. The average molecular weight is 421 g/mol. The molecule has 2 rings (SSSR count). The second-order valence-corrected chi connectivity index (χ2v) is 7.64. The summed E-state index contributed by atoms with van der Waals surface area (Å²) in [4.78, 5) is 13.6. The van der Waals surface area contributed by atoms with E-state index in [1.807, 2.05) is 0 Å². The molecule has 1 fully saturated rings. The average Bonchev–Trinajstić information content (AvgIpc) is 3.13. The van der Waals surface area contributed by atoms with E-state index in [2.05, 4.69) is 0 Å². The molecular weight excluding hydrogens is 401 g/mol. The summed E-state index contributed by atoms with van der Waals surface area (Å²) in [7, 11) is 0. The molecule has 28 heavy (non-hydrogen) atoms. The standard InChI is InChI=1S/C18H20F5N3OS/c19-13-1-2-14(20)12(7-13)9-26(5-3-11-4-6-28-10-11)17(27)15(24)8-16(25)18(21,22)23/h1-2,7-8,11,24H,3-6,9-10,25H2. The molecule has 154 valence electrons. The molecule has 0 saturated carbocycles. The van der Waals surface area contributed by atoms with E-state index >= 15 is 0 Å². The summed E-state index contributed by atoms with van der Waals surface area (Å²) in [5.41, 5.74) is 2.22. The van der Waals surface area contributed by atoms with E-state index in [0.717, 1.165) is 41.0 Å². The molecule has 1 atom stereocenters. The van der Waals surface area contributed by atoms with Crippen molar-refractivity contribution in [2.45, 2.75) is 25.6 Å². The molecule has 3 N–H and O–H groups in total. The molecule has 0 radical (unpaired) electrons. The van der Waals surface area contributed by atoms with Crippen LogP contribution in [-0.2, 0) is 11.3 Å². The first-order chi connectivity index (χ1) is 13.1. The maximum atomic E-state index is 14.0. The van der Waals surface area contributed by atoms with Crippen LogP contribution in [0.1, 0.15) is 18.4 Å². The van der Waals surface area contributed by atoms with Gasteiger partial charge in [-0.3, -0.25) is 10.2 Å². The highest BCUT2D eigenvalue weighted by Gasteiger charge is 2.32. The Kier molecular flexibility index (Phi) is 7.45. The number of carbonyl (C=O) groups is 1. The molecule has 1 aromatic rings. The fourth-order valence-corrected chi connectivity index (χ4v) is 4.07. The Morgan fingerprint density at radius 3 is 2.68 bits per heavy atom. The lowest BCUT2D eigenvalue weighted by Crippen LogP contribution is -2.37. The van der Waals surface area contributed by atoms with Crippen molar-refractivity contribution in [2.75, 3.05) is 18.1 Å². The number of thioether (sulfide) groups is 1. The van der Waals surface area contributed by atoms with Gasteiger partial charge in [-0.15, -0.1) is 0 Å². The number of nitrogens with zero attached hydrogens (tertiary/aromatic N) is 1. The number of benzene rings is 1. The van der Waals surface area contributed by atoms with E-state index in [1.165, 1.54) is 0 Å². The van der Waals surface area contributed by atoms with Gasteiger partial charge in [0.15, 0.2) is 0 Å². The highest BCUT2D eigenvalue weighted by Crippen LogP contribution is 2.27. The first-order valence-electron chi connectivity index (χ1n) is 8.51. The minimum Gasteiger partial charge on any atom is -0.395 e. The van der Waals surface area contributed by atoms with Gasteiger partial charge in [-0.1, -0.05) is 0 Å². The van der Waals surface area contributed by atoms with Gasteiger partial charge in [-0.25, -0.2) is 8.78 Å². The molecule has 1 aromatic carbocycles. The van der Waals surface area contributed by atoms with Crippen LogP contribution in [0.4, 0.5) is 22.0 Å². The first-order valence-corrected chi connectivity index (χ1v) is 9.67. The summed E-state index contributed by atoms with van der Waals surface area (Å²) in [5, 5.41) is 7.67. The van der Waals surface area contributed by atoms with Gasteiger partial charge >= 0.3 is 6.18 Å². The summed E-state index contributed by atoms with van der Waals surface area (Å²) in [6.07, 6.45) is -3.13. The molecule has 0 aromatic heterocycles. The van der Waals surface area contributed by atoms with Crippen LogP contribution < -0.4 is 5.73 Å². The molecular formula is C18H20F5N3OS. The highest BCUT2D eigenvalue weighted by atomic mass is 32.2. The van der Waals surface area contributed by atoms with Crippen molar-refractivity contribution in [1.29, 1.82) is 5.41 Å². The lowest BCUT2D eigenvalue weighted by Gasteiger charge is -2.24. The molecule has 10 heteroatoms. The second-order valence-electron chi connectivity index (χ2n) is 6.49. The van der Waals surface area contributed by atoms with Crippen LogP contribution >= 0.6 is 11.8 Å². The Balaban J connectivity index is 2.19. The van der Waals surface area contributed by atoms with Crippen molar-refractivity contribution in [3.8, 4) is 0 Å². The van der Waals surface area contributed by atoms with Crippen LogP contribution in [0, 0.1) is 23.0 Å². The number of rotatable bonds is 7. The van der Waals surface area contributed by atoms with E-state index in [0.29, 0.717) is 12.3 Å². The van der Waals surface area contributed by atoms with E-state index in [4.69, 9.17) is 11.1 Å². The van der Waals surface area contributed by atoms with E-state index in [1.54, 1.807) is 11.8 Å². The fourth-order valence-electron chi connectivity index (χ4n) is 2.74. The predicted octanol–water partition coefficient (Wildman–Crippen LogP) is 3.86. The van der Waals surface area contributed by atoms with E-state index in [-0.39, 0.29) is 24.7 Å². The number of allylic oxidation sites excluding steroid dienone is 1. The van der Waals surface area contributed by atoms with Gasteiger partial charge in [0.2, 0.25) is 0 Å². The molecule has 0 spiro atoms. The van der Waals surface area contributed by atoms with Crippen LogP contribution in [0.5, 0.6) is 0 Å². The number of halogens is 5. The number of hydrogen-bond donors (Lipinski definition) is 2. The zero-order chi connectivity index (χ0) is 20.9. The van der Waals surface area contributed by atoms with E-state index < -0.39 is 35.1 Å². The van der Waals surface area contributed by atoms with Gasteiger partial charge in [-0.05, 0) is 54.5 Å². The van der Waals surface area contributed by atoms with Crippen molar-refractivity contribution in [2.24, 2.45) is 11.7 Å². The predicted molar refractivity (Wildman–Crippen MR) is 97.9 cm³/mol. The molecule has 1 amide bonds. The summed E-state index contributed by atoms with van der Waals surface area (Å²) in [6, 6.07) is 2.76. The largest absolute Gasteiger partial charge is 0.430 e. The van der Waals surface area contributed by atoms with Crippen LogP contribution in [0.15, 0.2) is 30.0 Å². The number of hydrogen-bond acceptors (Lipinski definition) is 4. The van der Waals surface area contributed by atoms with Crippen LogP contribution in [0.25, 0.3) is 0 Å². The molecule has 1 aliphatic rings.